The molecule has 2 aromatic carbocycles. The number of aliphatic hydroxyl groups excluding tert-OH is 1. The summed E-state index contributed by atoms with van der Waals surface area (Å²) in [5, 5.41) is 10.3. The van der Waals surface area contributed by atoms with Gasteiger partial charge in [0.15, 0.2) is 0 Å². The Morgan fingerprint density at radius 2 is 1.89 bits per heavy atom. The molecular weight excluding hydrogens is 271 g/mol. The highest BCUT2D eigenvalue weighted by atomic mass is 35.5. The summed E-state index contributed by atoms with van der Waals surface area (Å²) >= 11 is 7.15. The van der Waals surface area contributed by atoms with E-state index in [9.17, 15) is 9.50 Å². The van der Waals surface area contributed by atoms with Crippen LogP contribution in [0.3, 0.4) is 0 Å². The minimum atomic E-state index is -0.840. The van der Waals surface area contributed by atoms with E-state index in [0.29, 0.717) is 10.8 Å². The lowest BCUT2D eigenvalue weighted by Crippen LogP contribution is -2.03. The summed E-state index contributed by atoms with van der Waals surface area (Å²) in [4.78, 5) is 1.05. The van der Waals surface area contributed by atoms with Gasteiger partial charge in [0.05, 0.1) is 6.10 Å². The highest BCUT2D eigenvalue weighted by Crippen LogP contribution is 2.27. The molecule has 0 fully saturated rings. The molecule has 0 amide bonds. The van der Waals surface area contributed by atoms with Gasteiger partial charge in [-0.25, -0.2) is 4.39 Å². The normalized spacial score (nSPS) is 12.4. The molecule has 1 N–H and O–H groups in total. The molecule has 0 saturated heterocycles. The fraction of sp³-hybridized carbons (Fsp3) is 0.143. The molecule has 1 unspecified atom stereocenters. The molecule has 94 valence electrons. The van der Waals surface area contributed by atoms with Crippen molar-refractivity contribution in [3.8, 4) is 0 Å². The van der Waals surface area contributed by atoms with E-state index in [1.165, 1.54) is 23.9 Å². The summed E-state index contributed by atoms with van der Waals surface area (Å²) in [5.41, 5.74) is 0.280. The minimum Gasteiger partial charge on any atom is -0.387 e. The molecule has 2 aromatic rings. The Bertz CT molecular complexity index is 518. The third kappa shape index (κ3) is 3.48. The first kappa shape index (κ1) is 13.4. The molecule has 0 bridgehead atoms. The largest absolute Gasteiger partial charge is 0.387 e. The van der Waals surface area contributed by atoms with Crippen LogP contribution in [0.25, 0.3) is 0 Å². The maximum Gasteiger partial charge on any atom is 0.130 e. The average molecular weight is 283 g/mol. The van der Waals surface area contributed by atoms with Crippen molar-refractivity contribution < 1.29 is 9.50 Å². The van der Waals surface area contributed by atoms with E-state index in [0.717, 1.165) is 4.90 Å². The van der Waals surface area contributed by atoms with Gasteiger partial charge in [-0.2, -0.15) is 0 Å². The Morgan fingerprint density at radius 3 is 2.56 bits per heavy atom. The standard InChI is InChI=1S/C14H12ClFOS/c15-10-6-7-12(13(16)8-10)14(17)9-18-11-4-2-1-3-5-11/h1-8,14,17H,9H2. The zero-order valence-electron chi connectivity index (χ0n) is 9.51. The molecule has 4 heteroatoms. The van der Waals surface area contributed by atoms with Gasteiger partial charge in [-0.1, -0.05) is 35.9 Å². The van der Waals surface area contributed by atoms with Crippen molar-refractivity contribution in [2.45, 2.75) is 11.0 Å². The lowest BCUT2D eigenvalue weighted by atomic mass is 10.1. The van der Waals surface area contributed by atoms with Gasteiger partial charge in [0, 0.05) is 21.2 Å². The van der Waals surface area contributed by atoms with Gasteiger partial charge in [0.2, 0.25) is 0 Å². The Labute approximate surface area is 115 Å². The Kier molecular flexibility index (Phi) is 4.64. The van der Waals surface area contributed by atoms with E-state index in [1.807, 2.05) is 30.3 Å². The van der Waals surface area contributed by atoms with E-state index in [-0.39, 0.29) is 5.56 Å². The third-order valence-corrected chi connectivity index (χ3v) is 3.80. The molecule has 18 heavy (non-hydrogen) atoms. The van der Waals surface area contributed by atoms with Gasteiger partial charge in [0.25, 0.3) is 0 Å². The molecule has 0 radical (unpaired) electrons. The van der Waals surface area contributed by atoms with Gasteiger partial charge in [-0.05, 0) is 24.3 Å². The number of aliphatic hydroxyl groups is 1. The number of hydrogen-bond donors (Lipinski definition) is 1. The quantitative estimate of drug-likeness (QED) is 0.844. The van der Waals surface area contributed by atoms with Crippen LogP contribution in [0.4, 0.5) is 4.39 Å². The summed E-state index contributed by atoms with van der Waals surface area (Å²) in [6.45, 7) is 0. The van der Waals surface area contributed by atoms with Gasteiger partial charge in [-0.15, -0.1) is 11.8 Å². The molecule has 0 aliphatic rings. The maximum atomic E-state index is 13.6. The Morgan fingerprint density at radius 1 is 1.17 bits per heavy atom. The van der Waals surface area contributed by atoms with Crippen molar-refractivity contribution >= 4 is 23.4 Å². The van der Waals surface area contributed by atoms with E-state index >= 15 is 0 Å². The molecule has 0 saturated carbocycles. The number of halogens is 2. The van der Waals surface area contributed by atoms with Crippen LogP contribution in [0.15, 0.2) is 53.4 Å². The second-order valence-corrected chi connectivity index (χ2v) is 5.34. The molecule has 1 atom stereocenters. The summed E-state index contributed by atoms with van der Waals surface area (Å²) in [6, 6.07) is 14.0. The maximum absolute atomic E-state index is 13.6. The number of rotatable bonds is 4. The van der Waals surface area contributed by atoms with Crippen LogP contribution >= 0.6 is 23.4 Å². The summed E-state index contributed by atoms with van der Waals surface area (Å²) in [5.74, 6) is -0.0635. The van der Waals surface area contributed by atoms with Crippen molar-refractivity contribution in [1.29, 1.82) is 0 Å². The minimum absolute atomic E-state index is 0.280. The summed E-state index contributed by atoms with van der Waals surface area (Å²) < 4.78 is 13.6. The molecule has 0 aromatic heterocycles. The van der Waals surface area contributed by atoms with Crippen molar-refractivity contribution in [3.05, 3.63) is 64.9 Å². The topological polar surface area (TPSA) is 20.2 Å². The molecule has 1 nitrogen and oxygen atoms in total. The zero-order valence-corrected chi connectivity index (χ0v) is 11.1. The smallest absolute Gasteiger partial charge is 0.130 e. The van der Waals surface area contributed by atoms with Gasteiger partial charge in [-0.3, -0.25) is 0 Å². The van der Waals surface area contributed by atoms with Crippen molar-refractivity contribution in [2.24, 2.45) is 0 Å². The van der Waals surface area contributed by atoms with Crippen LogP contribution in [-0.2, 0) is 0 Å². The monoisotopic (exact) mass is 282 g/mol. The van der Waals surface area contributed by atoms with E-state index in [1.54, 1.807) is 6.07 Å². The van der Waals surface area contributed by atoms with Crippen LogP contribution in [0.2, 0.25) is 5.02 Å². The lowest BCUT2D eigenvalue weighted by molar-refractivity contribution is 0.199. The van der Waals surface area contributed by atoms with Crippen molar-refractivity contribution in [3.63, 3.8) is 0 Å². The highest BCUT2D eigenvalue weighted by molar-refractivity contribution is 7.99. The predicted molar refractivity (Wildman–Crippen MR) is 73.5 cm³/mol. The predicted octanol–water partition coefficient (Wildman–Crippen LogP) is 4.30. The number of hydrogen-bond acceptors (Lipinski definition) is 2. The second-order valence-electron chi connectivity index (χ2n) is 3.81. The molecule has 2 rings (SSSR count). The first-order valence-electron chi connectivity index (χ1n) is 5.47. The summed E-state index contributed by atoms with van der Waals surface area (Å²) in [7, 11) is 0. The zero-order chi connectivity index (χ0) is 13.0. The van der Waals surface area contributed by atoms with Crippen LogP contribution < -0.4 is 0 Å². The first-order valence-corrected chi connectivity index (χ1v) is 6.84. The third-order valence-electron chi connectivity index (χ3n) is 2.47. The number of benzene rings is 2. The number of thioether (sulfide) groups is 1. The van der Waals surface area contributed by atoms with Crippen LogP contribution in [0.1, 0.15) is 11.7 Å². The van der Waals surface area contributed by atoms with E-state index in [2.05, 4.69) is 0 Å². The molecule has 0 heterocycles. The highest BCUT2D eigenvalue weighted by Gasteiger charge is 2.13. The van der Waals surface area contributed by atoms with E-state index < -0.39 is 11.9 Å². The molecule has 0 aliphatic heterocycles. The van der Waals surface area contributed by atoms with Gasteiger partial charge in [0.1, 0.15) is 5.82 Å². The van der Waals surface area contributed by atoms with Gasteiger partial charge >= 0.3 is 0 Å². The average Bonchev–Trinajstić information content (AvgIpc) is 2.37. The lowest BCUT2D eigenvalue weighted by Gasteiger charge is -2.11. The first-order chi connectivity index (χ1) is 8.66. The molecule has 0 spiro atoms. The summed E-state index contributed by atoms with van der Waals surface area (Å²) in [6.07, 6.45) is -0.840. The molecular formula is C14H12ClFOS. The van der Waals surface area contributed by atoms with E-state index in [4.69, 9.17) is 11.6 Å². The van der Waals surface area contributed by atoms with Crippen LogP contribution in [-0.4, -0.2) is 10.9 Å². The fourth-order valence-corrected chi connectivity index (χ4v) is 2.59. The van der Waals surface area contributed by atoms with Crippen molar-refractivity contribution in [1.82, 2.24) is 0 Å². The van der Waals surface area contributed by atoms with Gasteiger partial charge < -0.3 is 5.11 Å². The second kappa shape index (κ2) is 6.23. The SMILES string of the molecule is OC(CSc1ccccc1)c1ccc(Cl)cc1F. The fourth-order valence-electron chi connectivity index (χ4n) is 1.55. The van der Waals surface area contributed by atoms with Crippen molar-refractivity contribution in [2.75, 3.05) is 5.75 Å². The van der Waals surface area contributed by atoms with Crippen LogP contribution in [0.5, 0.6) is 0 Å². The molecule has 0 aliphatic carbocycles. The van der Waals surface area contributed by atoms with Crippen LogP contribution in [0, 0.1) is 5.82 Å². The Balaban J connectivity index is 2.01. The Hall–Kier alpha value is -1.03.